The first-order valence-corrected chi connectivity index (χ1v) is 8.76. The third-order valence-electron chi connectivity index (χ3n) is 4.64. The normalized spacial score (nSPS) is 14.5. The van der Waals surface area contributed by atoms with Crippen molar-refractivity contribution >= 4 is 17.5 Å². The Hall–Kier alpha value is -2.62. The highest BCUT2D eigenvalue weighted by Crippen LogP contribution is 2.22. The standard InChI is InChI=1S/C21H24N2O2/c1-16-6-8-17(9-7-16)15-22(2)21(25)18-10-12-19(13-11-18)23-14-4-3-5-20(23)24/h6-13H,3-5,14-15H2,1-2H3. The van der Waals surface area contributed by atoms with Gasteiger partial charge >= 0.3 is 0 Å². The summed E-state index contributed by atoms with van der Waals surface area (Å²) in [6, 6.07) is 15.6. The summed E-state index contributed by atoms with van der Waals surface area (Å²) in [6.45, 7) is 3.39. The van der Waals surface area contributed by atoms with E-state index in [-0.39, 0.29) is 11.8 Å². The molecule has 1 aliphatic rings. The molecular weight excluding hydrogens is 312 g/mol. The van der Waals surface area contributed by atoms with Gasteiger partial charge in [0, 0.05) is 37.8 Å². The van der Waals surface area contributed by atoms with Gasteiger partial charge in [-0.15, -0.1) is 0 Å². The van der Waals surface area contributed by atoms with Crippen LogP contribution in [0.2, 0.25) is 0 Å². The van der Waals surface area contributed by atoms with Gasteiger partial charge in [-0.05, 0) is 49.6 Å². The average Bonchev–Trinajstić information content (AvgIpc) is 2.63. The van der Waals surface area contributed by atoms with Gasteiger partial charge in [0.15, 0.2) is 0 Å². The van der Waals surface area contributed by atoms with Crippen LogP contribution < -0.4 is 4.90 Å². The summed E-state index contributed by atoms with van der Waals surface area (Å²) in [6.07, 6.45) is 2.61. The van der Waals surface area contributed by atoms with Crippen LogP contribution in [0.1, 0.15) is 40.7 Å². The molecule has 1 heterocycles. The Morgan fingerprint density at radius 2 is 1.72 bits per heavy atom. The minimum Gasteiger partial charge on any atom is -0.337 e. The average molecular weight is 336 g/mol. The summed E-state index contributed by atoms with van der Waals surface area (Å²) in [5, 5.41) is 0. The molecule has 0 N–H and O–H groups in total. The molecule has 25 heavy (non-hydrogen) atoms. The van der Waals surface area contributed by atoms with Crippen LogP contribution >= 0.6 is 0 Å². The summed E-state index contributed by atoms with van der Waals surface area (Å²) in [4.78, 5) is 28.1. The second kappa shape index (κ2) is 7.51. The van der Waals surface area contributed by atoms with Crippen molar-refractivity contribution in [1.82, 2.24) is 4.90 Å². The number of piperidine rings is 1. The molecule has 0 aliphatic carbocycles. The van der Waals surface area contributed by atoms with Crippen LogP contribution in [-0.4, -0.2) is 30.3 Å². The van der Waals surface area contributed by atoms with Crippen LogP contribution in [0, 0.1) is 6.92 Å². The first-order chi connectivity index (χ1) is 12.0. The molecular formula is C21H24N2O2. The van der Waals surface area contributed by atoms with Gasteiger partial charge in [0.1, 0.15) is 0 Å². The number of hydrogen-bond donors (Lipinski definition) is 0. The number of carbonyl (C=O) groups is 2. The smallest absolute Gasteiger partial charge is 0.253 e. The Morgan fingerprint density at radius 1 is 1.04 bits per heavy atom. The predicted octanol–water partition coefficient (Wildman–Crippen LogP) is 3.78. The van der Waals surface area contributed by atoms with E-state index in [9.17, 15) is 9.59 Å². The fourth-order valence-corrected chi connectivity index (χ4v) is 3.12. The van der Waals surface area contributed by atoms with E-state index in [4.69, 9.17) is 0 Å². The first-order valence-electron chi connectivity index (χ1n) is 8.76. The number of nitrogens with zero attached hydrogens (tertiary/aromatic N) is 2. The zero-order valence-electron chi connectivity index (χ0n) is 14.9. The number of aryl methyl sites for hydroxylation is 1. The van der Waals surface area contributed by atoms with E-state index in [1.165, 1.54) is 5.56 Å². The number of rotatable bonds is 4. The van der Waals surface area contributed by atoms with Crippen molar-refractivity contribution in [2.75, 3.05) is 18.5 Å². The van der Waals surface area contributed by atoms with Crippen LogP contribution in [0.15, 0.2) is 48.5 Å². The molecule has 2 aromatic rings. The number of carbonyl (C=O) groups excluding carboxylic acids is 2. The predicted molar refractivity (Wildman–Crippen MR) is 99.6 cm³/mol. The fraction of sp³-hybridized carbons (Fsp3) is 0.333. The van der Waals surface area contributed by atoms with E-state index >= 15 is 0 Å². The lowest BCUT2D eigenvalue weighted by atomic mass is 10.1. The van der Waals surface area contributed by atoms with Crippen molar-refractivity contribution in [3.8, 4) is 0 Å². The maximum atomic E-state index is 12.6. The quantitative estimate of drug-likeness (QED) is 0.852. The van der Waals surface area contributed by atoms with Crippen molar-refractivity contribution in [3.05, 3.63) is 65.2 Å². The molecule has 0 saturated carbocycles. The number of hydrogen-bond acceptors (Lipinski definition) is 2. The van der Waals surface area contributed by atoms with E-state index in [2.05, 4.69) is 12.1 Å². The first kappa shape index (κ1) is 17.2. The maximum Gasteiger partial charge on any atom is 0.253 e. The minimum absolute atomic E-state index is 0.0166. The molecule has 0 radical (unpaired) electrons. The Bertz CT molecular complexity index is 750. The monoisotopic (exact) mass is 336 g/mol. The van der Waals surface area contributed by atoms with Crippen molar-refractivity contribution < 1.29 is 9.59 Å². The molecule has 2 amide bonds. The van der Waals surface area contributed by atoms with E-state index in [1.54, 1.807) is 4.90 Å². The van der Waals surface area contributed by atoms with Gasteiger partial charge in [-0.3, -0.25) is 9.59 Å². The van der Waals surface area contributed by atoms with Crippen molar-refractivity contribution in [2.24, 2.45) is 0 Å². The molecule has 0 aromatic heterocycles. The highest BCUT2D eigenvalue weighted by Gasteiger charge is 2.20. The molecule has 0 bridgehead atoms. The van der Waals surface area contributed by atoms with Crippen LogP contribution in [0.5, 0.6) is 0 Å². The number of anilines is 1. The topological polar surface area (TPSA) is 40.6 Å². The van der Waals surface area contributed by atoms with Gasteiger partial charge in [0.25, 0.3) is 5.91 Å². The maximum absolute atomic E-state index is 12.6. The van der Waals surface area contributed by atoms with Gasteiger partial charge in [-0.25, -0.2) is 0 Å². The summed E-state index contributed by atoms with van der Waals surface area (Å²) in [5.74, 6) is 0.152. The summed E-state index contributed by atoms with van der Waals surface area (Å²) >= 11 is 0. The lowest BCUT2D eigenvalue weighted by molar-refractivity contribution is -0.119. The van der Waals surface area contributed by atoms with E-state index in [1.807, 2.05) is 55.3 Å². The molecule has 4 heteroatoms. The molecule has 2 aromatic carbocycles. The summed E-state index contributed by atoms with van der Waals surface area (Å²) in [7, 11) is 1.81. The van der Waals surface area contributed by atoms with Crippen LogP contribution in [-0.2, 0) is 11.3 Å². The number of benzene rings is 2. The molecule has 0 unspecified atom stereocenters. The Morgan fingerprint density at radius 3 is 2.36 bits per heavy atom. The lowest BCUT2D eigenvalue weighted by Gasteiger charge is -2.27. The van der Waals surface area contributed by atoms with Crippen molar-refractivity contribution in [3.63, 3.8) is 0 Å². The van der Waals surface area contributed by atoms with Crippen LogP contribution in [0.3, 0.4) is 0 Å². The SMILES string of the molecule is Cc1ccc(CN(C)C(=O)c2ccc(N3CCCCC3=O)cc2)cc1. The second-order valence-corrected chi connectivity index (χ2v) is 6.70. The Kier molecular flexibility index (Phi) is 5.17. The molecule has 1 aliphatic heterocycles. The highest BCUT2D eigenvalue weighted by atomic mass is 16.2. The summed E-state index contributed by atoms with van der Waals surface area (Å²) in [5.41, 5.74) is 3.84. The minimum atomic E-state index is -0.0166. The zero-order chi connectivity index (χ0) is 17.8. The van der Waals surface area contributed by atoms with Gasteiger partial charge in [-0.2, -0.15) is 0 Å². The Labute approximate surface area is 149 Å². The molecule has 0 spiro atoms. The van der Waals surface area contributed by atoms with Crippen molar-refractivity contribution in [2.45, 2.75) is 32.7 Å². The summed E-state index contributed by atoms with van der Waals surface area (Å²) < 4.78 is 0. The second-order valence-electron chi connectivity index (χ2n) is 6.70. The third-order valence-corrected chi connectivity index (χ3v) is 4.64. The van der Waals surface area contributed by atoms with Crippen molar-refractivity contribution in [1.29, 1.82) is 0 Å². The largest absolute Gasteiger partial charge is 0.337 e. The van der Waals surface area contributed by atoms with Gasteiger partial charge in [-0.1, -0.05) is 29.8 Å². The van der Waals surface area contributed by atoms with E-state index in [0.717, 1.165) is 30.6 Å². The van der Waals surface area contributed by atoms with Crippen LogP contribution in [0.25, 0.3) is 0 Å². The highest BCUT2D eigenvalue weighted by molar-refractivity contribution is 5.96. The molecule has 1 fully saturated rings. The number of amides is 2. The van der Waals surface area contributed by atoms with Gasteiger partial charge in [0.2, 0.25) is 5.91 Å². The Balaban J connectivity index is 1.67. The fourth-order valence-electron chi connectivity index (χ4n) is 3.12. The van der Waals surface area contributed by atoms with Gasteiger partial charge < -0.3 is 9.80 Å². The molecule has 1 saturated heterocycles. The molecule has 0 atom stereocenters. The van der Waals surface area contributed by atoms with Gasteiger partial charge in [0.05, 0.1) is 0 Å². The van der Waals surface area contributed by atoms with Crippen LogP contribution in [0.4, 0.5) is 5.69 Å². The van der Waals surface area contributed by atoms with E-state index in [0.29, 0.717) is 18.5 Å². The van der Waals surface area contributed by atoms with E-state index < -0.39 is 0 Å². The zero-order valence-corrected chi connectivity index (χ0v) is 14.9. The molecule has 4 nitrogen and oxygen atoms in total. The lowest BCUT2D eigenvalue weighted by Crippen LogP contribution is -2.35. The molecule has 3 rings (SSSR count). The third kappa shape index (κ3) is 4.08. The molecule has 130 valence electrons.